The third-order valence-corrected chi connectivity index (χ3v) is 7.68. The molecule has 8 nitrogen and oxygen atoms in total. The summed E-state index contributed by atoms with van der Waals surface area (Å²) in [5.41, 5.74) is 2.23. The highest BCUT2D eigenvalue weighted by molar-refractivity contribution is 5.95. The van der Waals surface area contributed by atoms with Gasteiger partial charge in [0.15, 0.2) is 0 Å². The Morgan fingerprint density at radius 2 is 1.60 bits per heavy atom. The Kier molecular flexibility index (Phi) is 9.60. The number of hydrogen-bond acceptors (Lipinski definition) is 5. The molecule has 3 amide bonds. The van der Waals surface area contributed by atoms with Gasteiger partial charge < -0.3 is 15.0 Å². The molecule has 0 saturated carbocycles. The molecule has 1 fully saturated rings. The smallest absolute Gasteiger partial charge is 0.416 e. The van der Waals surface area contributed by atoms with E-state index < -0.39 is 23.8 Å². The molecule has 0 radical (unpaired) electrons. The van der Waals surface area contributed by atoms with Gasteiger partial charge in [-0.1, -0.05) is 38.1 Å². The summed E-state index contributed by atoms with van der Waals surface area (Å²) in [5, 5.41) is 2.98. The van der Waals surface area contributed by atoms with Crippen LogP contribution in [0.15, 0.2) is 59.8 Å². The number of carbonyl (C=O) groups is 3. The first kappa shape index (κ1) is 31.1. The van der Waals surface area contributed by atoms with Crippen LogP contribution in [-0.2, 0) is 15.7 Å². The van der Waals surface area contributed by atoms with E-state index in [4.69, 9.17) is 4.74 Å². The zero-order chi connectivity index (χ0) is 30.6. The summed E-state index contributed by atoms with van der Waals surface area (Å²) in [6, 6.07) is 11.0. The first-order chi connectivity index (χ1) is 19.9. The van der Waals surface area contributed by atoms with Crippen LogP contribution in [-0.4, -0.2) is 78.5 Å². The van der Waals surface area contributed by atoms with E-state index in [9.17, 15) is 27.6 Å². The minimum absolute atomic E-state index is 0.180. The highest BCUT2D eigenvalue weighted by atomic mass is 19.4. The third kappa shape index (κ3) is 6.78. The summed E-state index contributed by atoms with van der Waals surface area (Å²) >= 11 is 0. The van der Waals surface area contributed by atoms with Crippen molar-refractivity contribution in [3.8, 4) is 0 Å². The van der Waals surface area contributed by atoms with Gasteiger partial charge in [0.25, 0.3) is 5.91 Å². The number of likely N-dealkylation sites (N-methyl/N-ethyl adjacent to an activating group) is 1. The van der Waals surface area contributed by atoms with E-state index in [1.165, 1.54) is 12.1 Å². The molecule has 4 rings (SSSR count). The molecule has 42 heavy (non-hydrogen) atoms. The van der Waals surface area contributed by atoms with Crippen LogP contribution in [0.1, 0.15) is 66.7 Å². The Morgan fingerprint density at radius 1 is 0.976 bits per heavy atom. The molecular weight excluding hydrogens is 549 g/mol. The molecule has 0 aromatic heterocycles. The zero-order valence-electron chi connectivity index (χ0n) is 24.3. The second kappa shape index (κ2) is 13.0. The van der Waals surface area contributed by atoms with Gasteiger partial charge in [-0.05, 0) is 55.2 Å². The molecule has 1 unspecified atom stereocenters. The topological polar surface area (TPSA) is 82.2 Å². The van der Waals surface area contributed by atoms with E-state index >= 15 is 0 Å². The maximum atomic E-state index is 13.4. The standard InChI is InChI=1S/C31H37F3N4O4/c1-5-38-25(19-36-15-17-37(18-16-36)28(39)23-11-13-24(14-12-23)31(32,33)34)26(29(40)42-6-2)27(35-30(38)41)22-9-7-21(8-10-22)20(3)4/h7-14,20,27H,5-6,15-19H2,1-4H3,(H,35,41). The maximum absolute atomic E-state index is 13.4. The molecule has 2 aromatic rings. The number of esters is 1. The second-order valence-corrected chi connectivity index (χ2v) is 10.7. The van der Waals surface area contributed by atoms with E-state index in [1.807, 2.05) is 31.2 Å². The number of hydrogen-bond donors (Lipinski definition) is 1. The summed E-state index contributed by atoms with van der Waals surface area (Å²) in [6.45, 7) is 10.2. The predicted molar refractivity (Wildman–Crippen MR) is 152 cm³/mol. The van der Waals surface area contributed by atoms with Gasteiger partial charge in [0.2, 0.25) is 0 Å². The number of alkyl halides is 3. The van der Waals surface area contributed by atoms with Gasteiger partial charge in [0.05, 0.1) is 23.8 Å². The SMILES string of the molecule is CCOC(=O)C1=C(CN2CCN(C(=O)c3ccc(C(F)(F)F)cc3)CC2)N(CC)C(=O)NC1c1ccc(C(C)C)cc1. The van der Waals surface area contributed by atoms with Crippen LogP contribution < -0.4 is 5.32 Å². The fraction of sp³-hybridized carbons (Fsp3) is 0.452. The highest BCUT2D eigenvalue weighted by Gasteiger charge is 2.39. The van der Waals surface area contributed by atoms with Crippen molar-refractivity contribution in [3.63, 3.8) is 0 Å². The van der Waals surface area contributed by atoms with Crippen molar-refractivity contribution in [3.05, 3.63) is 82.1 Å². The van der Waals surface area contributed by atoms with E-state index in [2.05, 4.69) is 24.1 Å². The monoisotopic (exact) mass is 586 g/mol. The van der Waals surface area contributed by atoms with Gasteiger partial charge in [-0.2, -0.15) is 13.2 Å². The lowest BCUT2D eigenvalue weighted by Gasteiger charge is -2.40. The number of amides is 3. The zero-order valence-corrected chi connectivity index (χ0v) is 24.3. The fourth-order valence-electron chi connectivity index (χ4n) is 5.29. The Bertz CT molecular complexity index is 1320. The van der Waals surface area contributed by atoms with Crippen LogP contribution in [0.25, 0.3) is 0 Å². The molecule has 0 bridgehead atoms. The first-order valence-corrected chi connectivity index (χ1v) is 14.2. The average molecular weight is 587 g/mol. The highest BCUT2D eigenvalue weighted by Crippen LogP contribution is 2.33. The van der Waals surface area contributed by atoms with Crippen molar-refractivity contribution in [2.24, 2.45) is 0 Å². The molecule has 1 atom stereocenters. The molecule has 1 saturated heterocycles. The van der Waals surface area contributed by atoms with Gasteiger partial charge in [-0.3, -0.25) is 14.6 Å². The summed E-state index contributed by atoms with van der Waals surface area (Å²) < 4.78 is 44.2. The Labute approximate surface area is 244 Å². The number of ether oxygens (including phenoxy) is 1. The number of halogens is 3. The molecule has 11 heteroatoms. The van der Waals surface area contributed by atoms with Gasteiger partial charge in [0.1, 0.15) is 0 Å². The number of nitrogens with zero attached hydrogens (tertiary/aromatic N) is 3. The van der Waals surface area contributed by atoms with E-state index in [1.54, 1.807) is 16.7 Å². The molecule has 1 N–H and O–H groups in total. The molecule has 0 aliphatic carbocycles. The quantitative estimate of drug-likeness (QED) is 0.431. The Balaban J connectivity index is 1.56. The van der Waals surface area contributed by atoms with Crippen molar-refractivity contribution in [1.29, 1.82) is 0 Å². The summed E-state index contributed by atoms with van der Waals surface area (Å²) in [6.07, 6.45) is -4.47. The van der Waals surface area contributed by atoms with Crippen LogP contribution in [0.4, 0.5) is 18.0 Å². The molecule has 226 valence electrons. The molecule has 2 aromatic carbocycles. The minimum Gasteiger partial charge on any atom is -0.463 e. The minimum atomic E-state index is -4.47. The van der Waals surface area contributed by atoms with E-state index in [0.29, 0.717) is 49.9 Å². The maximum Gasteiger partial charge on any atom is 0.416 e. The third-order valence-electron chi connectivity index (χ3n) is 7.68. The molecule has 2 aliphatic heterocycles. The van der Waals surface area contributed by atoms with Gasteiger partial charge in [-0.15, -0.1) is 0 Å². The van der Waals surface area contributed by atoms with Crippen molar-refractivity contribution >= 4 is 17.9 Å². The lowest BCUT2D eigenvalue weighted by Crippen LogP contribution is -2.53. The molecule has 2 heterocycles. The second-order valence-electron chi connectivity index (χ2n) is 10.7. The summed E-state index contributed by atoms with van der Waals surface area (Å²) in [7, 11) is 0. The molecule has 2 aliphatic rings. The molecule has 0 spiro atoms. The average Bonchev–Trinajstić information content (AvgIpc) is 2.97. The number of nitrogens with one attached hydrogen (secondary N) is 1. The van der Waals surface area contributed by atoms with Crippen molar-refractivity contribution in [1.82, 2.24) is 20.0 Å². The van der Waals surface area contributed by atoms with Crippen molar-refractivity contribution < 1.29 is 32.3 Å². The normalized spacial score (nSPS) is 18.4. The number of carbonyl (C=O) groups excluding carboxylic acids is 3. The number of piperazine rings is 1. The van der Waals surface area contributed by atoms with Crippen LogP contribution >= 0.6 is 0 Å². The fourth-order valence-corrected chi connectivity index (χ4v) is 5.29. The lowest BCUT2D eigenvalue weighted by molar-refractivity contribution is -0.139. The summed E-state index contributed by atoms with van der Waals surface area (Å²) in [4.78, 5) is 44.8. The van der Waals surface area contributed by atoms with Gasteiger partial charge in [0, 0.05) is 50.5 Å². The van der Waals surface area contributed by atoms with E-state index in [-0.39, 0.29) is 30.7 Å². The Morgan fingerprint density at radius 3 is 2.12 bits per heavy atom. The predicted octanol–water partition coefficient (Wildman–Crippen LogP) is 5.19. The van der Waals surface area contributed by atoms with Crippen LogP contribution in [0, 0.1) is 0 Å². The summed E-state index contributed by atoms with van der Waals surface area (Å²) in [5.74, 6) is -0.511. The van der Waals surface area contributed by atoms with E-state index in [0.717, 1.165) is 23.3 Å². The lowest BCUT2D eigenvalue weighted by atomic mass is 9.92. The van der Waals surface area contributed by atoms with Crippen LogP contribution in [0.2, 0.25) is 0 Å². The number of benzene rings is 2. The first-order valence-electron chi connectivity index (χ1n) is 14.2. The largest absolute Gasteiger partial charge is 0.463 e. The van der Waals surface area contributed by atoms with Crippen molar-refractivity contribution in [2.75, 3.05) is 45.9 Å². The Hall–Kier alpha value is -3.86. The van der Waals surface area contributed by atoms with Gasteiger partial charge in [-0.25, -0.2) is 9.59 Å². The van der Waals surface area contributed by atoms with Crippen molar-refractivity contribution in [2.45, 2.75) is 45.8 Å². The number of rotatable bonds is 8. The van der Waals surface area contributed by atoms with Crippen LogP contribution in [0.3, 0.4) is 0 Å². The molecular formula is C31H37F3N4O4. The number of urea groups is 1. The van der Waals surface area contributed by atoms with Gasteiger partial charge >= 0.3 is 18.2 Å². The van der Waals surface area contributed by atoms with Crippen LogP contribution in [0.5, 0.6) is 0 Å².